The average molecular weight is 250 g/mol. The van der Waals surface area contributed by atoms with Gasteiger partial charge in [0.1, 0.15) is 16.5 Å². The van der Waals surface area contributed by atoms with E-state index >= 15 is 0 Å². The monoisotopic (exact) mass is 250 g/mol. The Hall–Kier alpha value is -1.87. The fraction of sp³-hybridized carbons (Fsp3) is 0.364. The average Bonchev–Trinajstić information content (AvgIpc) is 2.66. The van der Waals surface area contributed by atoms with Crippen LogP contribution >= 0.6 is 11.3 Å². The topological polar surface area (TPSA) is 69.0 Å². The molecule has 90 valence electrons. The van der Waals surface area contributed by atoms with E-state index in [0.717, 1.165) is 0 Å². The molecule has 0 unspecified atom stereocenters. The first-order valence-corrected chi connectivity index (χ1v) is 5.79. The van der Waals surface area contributed by atoms with Gasteiger partial charge in [0.2, 0.25) is 5.78 Å². The Bertz CT molecular complexity index is 496. The summed E-state index contributed by atoms with van der Waals surface area (Å²) < 4.78 is 0. The third kappa shape index (κ3) is 3.04. The van der Waals surface area contributed by atoms with Crippen LogP contribution in [-0.2, 0) is 0 Å². The molecular formula is C11H14N4OS. The molecule has 1 rings (SSSR count). The lowest BCUT2D eigenvalue weighted by atomic mass is 10.1. The smallest absolute Gasteiger partial charge is 0.216 e. The number of carbonyl (C=O) groups is 1. The van der Waals surface area contributed by atoms with Gasteiger partial charge in [0.25, 0.3) is 0 Å². The molecule has 0 bridgehead atoms. The van der Waals surface area contributed by atoms with Gasteiger partial charge in [0.05, 0.1) is 5.69 Å². The first kappa shape index (κ1) is 13.2. The van der Waals surface area contributed by atoms with Crippen LogP contribution in [-0.4, -0.2) is 36.8 Å². The van der Waals surface area contributed by atoms with E-state index in [-0.39, 0.29) is 11.4 Å². The van der Waals surface area contributed by atoms with Crippen LogP contribution in [0.1, 0.15) is 15.4 Å². The van der Waals surface area contributed by atoms with Crippen LogP contribution in [0.4, 0.5) is 5.13 Å². The molecule has 0 atom stereocenters. The number of nitrogens with zero attached hydrogens (tertiary/aromatic N) is 3. The van der Waals surface area contributed by atoms with E-state index in [1.807, 2.05) is 6.07 Å². The number of anilines is 1. The number of hydrogen-bond donors (Lipinski definition) is 1. The molecule has 0 amide bonds. The molecule has 0 radical (unpaired) electrons. The van der Waals surface area contributed by atoms with E-state index in [2.05, 4.69) is 10.3 Å². The van der Waals surface area contributed by atoms with Gasteiger partial charge in [-0.05, 0) is 6.92 Å². The number of rotatable bonds is 4. The summed E-state index contributed by atoms with van der Waals surface area (Å²) in [5.41, 5.74) is 0.758. The number of Topliss-reactive ketones (excluding diaryl/α,β-unsaturated/α-hetero) is 1. The lowest BCUT2D eigenvalue weighted by Gasteiger charge is -2.05. The number of allylic oxidation sites excluding steroid dienone is 1. The third-order valence-electron chi connectivity index (χ3n) is 1.97. The molecule has 1 aromatic heterocycles. The quantitative estimate of drug-likeness (QED) is 0.500. The number of aryl methyl sites for hydroxylation is 1. The third-order valence-corrected chi connectivity index (χ3v) is 3.14. The summed E-state index contributed by atoms with van der Waals surface area (Å²) >= 11 is 1.26. The van der Waals surface area contributed by atoms with Crippen molar-refractivity contribution in [2.45, 2.75) is 6.92 Å². The minimum Gasteiger partial charge on any atom is -0.382 e. The lowest BCUT2D eigenvalue weighted by molar-refractivity contribution is 0.104. The molecule has 1 aromatic rings. The van der Waals surface area contributed by atoms with E-state index in [4.69, 9.17) is 5.26 Å². The Morgan fingerprint density at radius 1 is 1.59 bits per heavy atom. The van der Waals surface area contributed by atoms with Crippen molar-refractivity contribution in [2.75, 3.05) is 26.5 Å². The summed E-state index contributed by atoms with van der Waals surface area (Å²) in [6.07, 6.45) is 1.51. The molecule has 17 heavy (non-hydrogen) atoms. The summed E-state index contributed by atoms with van der Waals surface area (Å²) in [4.78, 5) is 18.4. The van der Waals surface area contributed by atoms with E-state index in [9.17, 15) is 4.79 Å². The summed E-state index contributed by atoms with van der Waals surface area (Å²) in [6, 6.07) is 1.91. The normalized spacial score (nSPS) is 10.9. The number of ketones is 1. The predicted octanol–water partition coefficient (Wildman–Crippen LogP) is 1.65. The second-order valence-electron chi connectivity index (χ2n) is 3.63. The maximum atomic E-state index is 12.1. The van der Waals surface area contributed by atoms with Crippen LogP contribution in [0.3, 0.4) is 0 Å². The van der Waals surface area contributed by atoms with Gasteiger partial charge >= 0.3 is 0 Å². The van der Waals surface area contributed by atoms with Crippen LogP contribution in [0.25, 0.3) is 0 Å². The van der Waals surface area contributed by atoms with E-state index < -0.39 is 0 Å². The van der Waals surface area contributed by atoms with Crippen LogP contribution in [0.5, 0.6) is 0 Å². The van der Waals surface area contributed by atoms with E-state index in [1.165, 1.54) is 17.5 Å². The zero-order valence-electron chi connectivity index (χ0n) is 10.2. The van der Waals surface area contributed by atoms with Gasteiger partial charge in [-0.2, -0.15) is 5.26 Å². The number of hydrogen-bond acceptors (Lipinski definition) is 6. The molecule has 0 saturated carbocycles. The Morgan fingerprint density at radius 3 is 2.65 bits per heavy atom. The van der Waals surface area contributed by atoms with Crippen molar-refractivity contribution in [3.8, 4) is 6.07 Å². The highest BCUT2D eigenvalue weighted by Gasteiger charge is 2.19. The van der Waals surface area contributed by atoms with Gasteiger partial charge < -0.3 is 10.2 Å². The molecule has 0 aliphatic rings. The molecule has 0 saturated heterocycles. The van der Waals surface area contributed by atoms with Crippen molar-refractivity contribution in [1.29, 1.82) is 5.26 Å². The van der Waals surface area contributed by atoms with Crippen molar-refractivity contribution in [1.82, 2.24) is 9.88 Å². The van der Waals surface area contributed by atoms with Gasteiger partial charge in [0, 0.05) is 27.3 Å². The highest BCUT2D eigenvalue weighted by Crippen LogP contribution is 2.24. The maximum absolute atomic E-state index is 12.1. The molecule has 0 fully saturated rings. The van der Waals surface area contributed by atoms with Gasteiger partial charge in [-0.15, -0.1) is 0 Å². The molecule has 0 aliphatic carbocycles. The Kier molecular flexibility index (Phi) is 4.24. The number of carbonyl (C=O) groups excluding carboxylic acids is 1. The Labute approximate surface area is 104 Å². The molecular weight excluding hydrogens is 236 g/mol. The van der Waals surface area contributed by atoms with Crippen molar-refractivity contribution >= 4 is 22.3 Å². The summed E-state index contributed by atoms with van der Waals surface area (Å²) in [6.45, 7) is 1.76. The molecule has 0 aliphatic heterocycles. The van der Waals surface area contributed by atoms with E-state index in [1.54, 1.807) is 33.0 Å². The fourth-order valence-corrected chi connectivity index (χ4v) is 2.11. The van der Waals surface area contributed by atoms with Crippen molar-refractivity contribution in [3.05, 3.63) is 22.3 Å². The first-order valence-electron chi connectivity index (χ1n) is 4.97. The highest BCUT2D eigenvalue weighted by molar-refractivity contribution is 7.17. The zero-order chi connectivity index (χ0) is 13.0. The van der Waals surface area contributed by atoms with Crippen molar-refractivity contribution in [2.24, 2.45) is 0 Å². The zero-order valence-corrected chi connectivity index (χ0v) is 11.1. The lowest BCUT2D eigenvalue weighted by Crippen LogP contribution is -2.08. The second kappa shape index (κ2) is 5.46. The molecule has 5 nitrogen and oxygen atoms in total. The summed E-state index contributed by atoms with van der Waals surface area (Å²) in [5, 5.41) is 12.5. The number of aromatic nitrogens is 1. The van der Waals surface area contributed by atoms with Crippen molar-refractivity contribution in [3.63, 3.8) is 0 Å². The second-order valence-corrected chi connectivity index (χ2v) is 4.63. The van der Waals surface area contributed by atoms with Gasteiger partial charge in [-0.1, -0.05) is 11.3 Å². The highest BCUT2D eigenvalue weighted by atomic mass is 32.1. The number of nitriles is 1. The molecule has 6 heteroatoms. The molecule has 1 N–H and O–H groups in total. The fourth-order valence-electron chi connectivity index (χ4n) is 1.23. The standard InChI is InChI=1S/C11H14N4OS/c1-7-10(17-11(13-2)14-7)9(16)8(5-12)6-15(3)4/h6H,1-4H3,(H,13,14)/b8-6+. The van der Waals surface area contributed by atoms with E-state index in [0.29, 0.717) is 15.7 Å². The number of thiazole rings is 1. The molecule has 0 spiro atoms. The Balaban J connectivity index is 3.11. The SMILES string of the molecule is CNc1nc(C)c(C(=O)/C(C#N)=C/N(C)C)s1. The minimum absolute atomic E-state index is 0.115. The number of nitrogens with one attached hydrogen (secondary N) is 1. The summed E-state index contributed by atoms with van der Waals surface area (Å²) in [7, 11) is 5.28. The molecule has 0 aromatic carbocycles. The van der Waals surface area contributed by atoms with Gasteiger partial charge in [0.15, 0.2) is 5.13 Å². The molecule has 1 heterocycles. The first-order chi connectivity index (χ1) is 7.99. The van der Waals surface area contributed by atoms with Gasteiger partial charge in [-0.3, -0.25) is 4.79 Å². The largest absolute Gasteiger partial charge is 0.382 e. The van der Waals surface area contributed by atoms with Gasteiger partial charge in [-0.25, -0.2) is 4.98 Å². The predicted molar refractivity (Wildman–Crippen MR) is 68.1 cm³/mol. The summed E-state index contributed by atoms with van der Waals surface area (Å²) in [5.74, 6) is -0.280. The minimum atomic E-state index is -0.280. The Morgan fingerprint density at radius 2 is 2.24 bits per heavy atom. The van der Waals surface area contributed by atoms with Crippen LogP contribution < -0.4 is 5.32 Å². The maximum Gasteiger partial charge on any atom is 0.216 e. The van der Waals surface area contributed by atoms with Crippen LogP contribution in [0.2, 0.25) is 0 Å². The van der Waals surface area contributed by atoms with Crippen LogP contribution in [0, 0.1) is 18.3 Å². The van der Waals surface area contributed by atoms with Crippen LogP contribution in [0.15, 0.2) is 11.8 Å². The van der Waals surface area contributed by atoms with Crippen molar-refractivity contribution < 1.29 is 4.79 Å².